The van der Waals surface area contributed by atoms with Crippen molar-refractivity contribution in [2.45, 2.75) is 38.2 Å². The fourth-order valence-electron chi connectivity index (χ4n) is 2.05. The molecule has 0 radical (unpaired) electrons. The van der Waals surface area contributed by atoms with E-state index in [-0.39, 0.29) is 6.10 Å². The highest BCUT2D eigenvalue weighted by Gasteiger charge is 2.12. The van der Waals surface area contributed by atoms with Gasteiger partial charge >= 0.3 is 0 Å². The zero-order chi connectivity index (χ0) is 11.1. The molecule has 0 aromatic carbocycles. The number of rotatable bonds is 0. The van der Waals surface area contributed by atoms with Gasteiger partial charge in [-0.05, 0) is 52.9 Å². The first-order valence-electron chi connectivity index (χ1n) is 6.23. The summed E-state index contributed by atoms with van der Waals surface area (Å²) in [6.07, 6.45) is 6.16. The number of aliphatic hydroxyl groups excluding tert-OH is 1. The maximum atomic E-state index is 9.00. The Morgan fingerprint density at radius 2 is 1.27 bits per heavy atom. The maximum absolute atomic E-state index is 9.00. The molecule has 1 N–H and O–H groups in total. The summed E-state index contributed by atoms with van der Waals surface area (Å²) in [4.78, 5) is 4.64. The third-order valence-electron chi connectivity index (χ3n) is 3.27. The highest BCUT2D eigenvalue weighted by atomic mass is 16.3. The van der Waals surface area contributed by atoms with Crippen LogP contribution in [0, 0.1) is 0 Å². The van der Waals surface area contributed by atoms with Crippen LogP contribution in [-0.2, 0) is 0 Å². The van der Waals surface area contributed by atoms with Gasteiger partial charge in [-0.25, -0.2) is 0 Å². The molecule has 0 amide bonds. The minimum atomic E-state index is -0.0220. The number of likely N-dealkylation sites (tertiary alicyclic amines) is 2. The Kier molecular flexibility index (Phi) is 6.22. The largest absolute Gasteiger partial charge is 0.393 e. The van der Waals surface area contributed by atoms with E-state index in [4.69, 9.17) is 5.11 Å². The Morgan fingerprint density at radius 1 is 0.800 bits per heavy atom. The van der Waals surface area contributed by atoms with Gasteiger partial charge in [0.15, 0.2) is 0 Å². The number of aliphatic hydroxyl groups is 1. The normalized spacial score (nSPS) is 25.8. The average Bonchev–Trinajstić information content (AvgIpc) is 2.25. The van der Waals surface area contributed by atoms with Gasteiger partial charge in [-0.15, -0.1) is 0 Å². The number of hydrogen-bond donors (Lipinski definition) is 1. The van der Waals surface area contributed by atoms with E-state index in [0.717, 1.165) is 25.9 Å². The van der Waals surface area contributed by atoms with E-state index in [1.807, 2.05) is 0 Å². The van der Waals surface area contributed by atoms with Crippen molar-refractivity contribution < 1.29 is 5.11 Å². The molecule has 90 valence electrons. The minimum absolute atomic E-state index is 0.0220. The van der Waals surface area contributed by atoms with Gasteiger partial charge in [0.25, 0.3) is 0 Å². The smallest absolute Gasteiger partial charge is 0.0564 e. The molecule has 3 nitrogen and oxygen atoms in total. The molecule has 0 bridgehead atoms. The molecular formula is C12H26N2O. The fourth-order valence-corrected chi connectivity index (χ4v) is 2.05. The summed E-state index contributed by atoms with van der Waals surface area (Å²) in [5.74, 6) is 0. The van der Waals surface area contributed by atoms with Crippen molar-refractivity contribution in [3.8, 4) is 0 Å². The third-order valence-corrected chi connectivity index (χ3v) is 3.27. The lowest BCUT2D eigenvalue weighted by Gasteiger charge is -2.25. The Hall–Kier alpha value is -0.120. The molecule has 0 spiro atoms. The van der Waals surface area contributed by atoms with Gasteiger partial charge in [-0.1, -0.05) is 6.42 Å². The Morgan fingerprint density at radius 3 is 1.60 bits per heavy atom. The average molecular weight is 214 g/mol. The van der Waals surface area contributed by atoms with Crippen molar-refractivity contribution in [1.29, 1.82) is 0 Å². The first-order valence-corrected chi connectivity index (χ1v) is 6.23. The molecule has 2 saturated heterocycles. The van der Waals surface area contributed by atoms with Gasteiger partial charge in [0.05, 0.1) is 6.10 Å². The first kappa shape index (κ1) is 12.9. The SMILES string of the molecule is CN1CCC(O)CC1.CN1CCCCC1. The van der Waals surface area contributed by atoms with Crippen LogP contribution >= 0.6 is 0 Å². The highest BCUT2D eigenvalue weighted by molar-refractivity contribution is 4.67. The van der Waals surface area contributed by atoms with Crippen LogP contribution in [0.1, 0.15) is 32.1 Å². The summed E-state index contributed by atoms with van der Waals surface area (Å²) >= 11 is 0. The highest BCUT2D eigenvalue weighted by Crippen LogP contribution is 2.06. The van der Waals surface area contributed by atoms with E-state index in [1.54, 1.807) is 0 Å². The van der Waals surface area contributed by atoms with Crippen molar-refractivity contribution in [1.82, 2.24) is 9.80 Å². The van der Waals surface area contributed by atoms with Gasteiger partial charge in [0.1, 0.15) is 0 Å². The molecule has 0 aromatic heterocycles. The summed E-state index contributed by atoms with van der Waals surface area (Å²) in [5, 5.41) is 9.00. The second-order valence-corrected chi connectivity index (χ2v) is 4.90. The molecule has 0 saturated carbocycles. The summed E-state index contributed by atoms with van der Waals surface area (Å²) in [5.41, 5.74) is 0. The van der Waals surface area contributed by atoms with Crippen LogP contribution in [-0.4, -0.2) is 61.3 Å². The molecule has 2 heterocycles. The third kappa shape index (κ3) is 6.13. The van der Waals surface area contributed by atoms with Crippen LogP contribution in [0.3, 0.4) is 0 Å². The number of piperidine rings is 2. The number of hydrogen-bond acceptors (Lipinski definition) is 3. The standard InChI is InChI=1S/C6H13NO.C6H13N/c1-7-4-2-6(8)3-5-7;1-7-5-3-2-4-6-7/h6,8H,2-5H2,1H3;2-6H2,1H3. The molecule has 0 unspecified atom stereocenters. The van der Waals surface area contributed by atoms with Gasteiger partial charge in [-0.2, -0.15) is 0 Å². The van der Waals surface area contributed by atoms with E-state index in [1.165, 1.54) is 32.4 Å². The van der Waals surface area contributed by atoms with Crippen LogP contribution < -0.4 is 0 Å². The zero-order valence-corrected chi connectivity index (χ0v) is 10.3. The van der Waals surface area contributed by atoms with Gasteiger partial charge in [0.2, 0.25) is 0 Å². The van der Waals surface area contributed by atoms with Crippen LogP contribution in [0.2, 0.25) is 0 Å². The molecule has 0 atom stereocenters. The van der Waals surface area contributed by atoms with Gasteiger partial charge in [0, 0.05) is 13.1 Å². The molecule has 2 aliphatic rings. The molecular weight excluding hydrogens is 188 g/mol. The topological polar surface area (TPSA) is 26.7 Å². The van der Waals surface area contributed by atoms with E-state index >= 15 is 0 Å². The van der Waals surface area contributed by atoms with Crippen molar-refractivity contribution in [3.63, 3.8) is 0 Å². The van der Waals surface area contributed by atoms with Crippen LogP contribution in [0.25, 0.3) is 0 Å². The van der Waals surface area contributed by atoms with Crippen LogP contribution in [0.5, 0.6) is 0 Å². The van der Waals surface area contributed by atoms with Crippen molar-refractivity contribution in [3.05, 3.63) is 0 Å². The van der Waals surface area contributed by atoms with E-state index in [0.29, 0.717) is 0 Å². The Labute approximate surface area is 94.1 Å². The second-order valence-electron chi connectivity index (χ2n) is 4.90. The minimum Gasteiger partial charge on any atom is -0.393 e. The summed E-state index contributed by atoms with van der Waals surface area (Å²) in [7, 11) is 4.28. The Bertz CT molecular complexity index is 140. The molecule has 3 heteroatoms. The van der Waals surface area contributed by atoms with Gasteiger partial charge in [-0.3, -0.25) is 0 Å². The molecule has 0 aliphatic carbocycles. The van der Waals surface area contributed by atoms with Crippen molar-refractivity contribution in [2.75, 3.05) is 40.3 Å². The molecule has 0 aromatic rings. The Balaban J connectivity index is 0.000000151. The molecule has 2 aliphatic heterocycles. The quantitative estimate of drug-likeness (QED) is 0.656. The summed E-state index contributed by atoms with van der Waals surface area (Å²) in [6.45, 7) is 4.75. The van der Waals surface area contributed by atoms with Crippen molar-refractivity contribution >= 4 is 0 Å². The second kappa shape index (κ2) is 7.20. The monoisotopic (exact) mass is 214 g/mol. The lowest BCUT2D eigenvalue weighted by atomic mass is 10.1. The molecule has 2 fully saturated rings. The fraction of sp³-hybridized carbons (Fsp3) is 1.00. The predicted molar refractivity (Wildman–Crippen MR) is 64.1 cm³/mol. The lowest BCUT2D eigenvalue weighted by Crippen LogP contribution is -2.32. The predicted octanol–water partition coefficient (Wildman–Crippen LogP) is 1.17. The van der Waals surface area contributed by atoms with Crippen LogP contribution in [0.4, 0.5) is 0 Å². The van der Waals surface area contributed by atoms with E-state index < -0.39 is 0 Å². The molecule has 2 rings (SSSR count). The zero-order valence-electron chi connectivity index (χ0n) is 10.3. The maximum Gasteiger partial charge on any atom is 0.0564 e. The summed E-state index contributed by atoms with van der Waals surface area (Å²) in [6, 6.07) is 0. The van der Waals surface area contributed by atoms with E-state index in [2.05, 4.69) is 23.9 Å². The first-order chi connectivity index (χ1) is 7.18. The van der Waals surface area contributed by atoms with E-state index in [9.17, 15) is 0 Å². The molecule has 15 heavy (non-hydrogen) atoms. The lowest BCUT2D eigenvalue weighted by molar-refractivity contribution is 0.0943. The van der Waals surface area contributed by atoms with Crippen molar-refractivity contribution in [2.24, 2.45) is 0 Å². The van der Waals surface area contributed by atoms with Crippen LogP contribution in [0.15, 0.2) is 0 Å². The van der Waals surface area contributed by atoms with Gasteiger partial charge < -0.3 is 14.9 Å². The summed E-state index contributed by atoms with van der Waals surface area (Å²) < 4.78 is 0. The number of nitrogens with zero attached hydrogens (tertiary/aromatic N) is 2.